The van der Waals surface area contributed by atoms with Gasteiger partial charge in [0.05, 0.1) is 32.0 Å². The fraction of sp³-hybridized carbons (Fsp3) is 0.882. The number of nitrogens with two attached hydrogens (primary N) is 1. The summed E-state index contributed by atoms with van der Waals surface area (Å²) in [5.74, 6) is -0.214. The fourth-order valence-electron chi connectivity index (χ4n) is 2.72. The van der Waals surface area contributed by atoms with Crippen LogP contribution in [0.5, 0.6) is 0 Å². The molecule has 1 heterocycles. The molecule has 0 aromatic carbocycles. The minimum atomic E-state index is -3.21. The van der Waals surface area contributed by atoms with E-state index >= 15 is 0 Å². The number of carbonyl (C=O) groups excluding carboxylic acids is 2. The van der Waals surface area contributed by atoms with Crippen molar-refractivity contribution in [3.8, 4) is 0 Å². The van der Waals surface area contributed by atoms with E-state index in [0.29, 0.717) is 32.8 Å². The number of carbonyl (C=O) groups is 2. The van der Waals surface area contributed by atoms with Crippen molar-refractivity contribution in [3.63, 3.8) is 0 Å². The lowest BCUT2D eigenvalue weighted by Gasteiger charge is -2.35. The second-order valence-electron chi connectivity index (χ2n) is 6.35. The van der Waals surface area contributed by atoms with Gasteiger partial charge in [-0.15, -0.1) is 0 Å². The second kappa shape index (κ2) is 12.3. The first-order chi connectivity index (χ1) is 12.9. The van der Waals surface area contributed by atoms with Gasteiger partial charge in [-0.25, -0.2) is 4.79 Å². The zero-order chi connectivity index (χ0) is 20.3. The molecule has 1 fully saturated rings. The number of ether oxygens (including phenoxy) is 1. The summed E-state index contributed by atoms with van der Waals surface area (Å²) < 4.78 is 28.1. The van der Waals surface area contributed by atoms with Crippen LogP contribution in [-0.2, 0) is 23.1 Å². The van der Waals surface area contributed by atoms with Gasteiger partial charge in [0.1, 0.15) is 0 Å². The molecule has 0 saturated carbocycles. The number of hydrogen-bond acceptors (Lipinski definition) is 7. The molecular weight excluding hydrogens is 373 g/mol. The van der Waals surface area contributed by atoms with Crippen molar-refractivity contribution in [1.82, 2.24) is 9.80 Å². The van der Waals surface area contributed by atoms with E-state index in [1.54, 1.807) is 23.6 Å². The largest absolute Gasteiger partial charge is 0.449 e. The molecule has 1 unspecified atom stereocenters. The zero-order valence-electron chi connectivity index (χ0n) is 16.7. The van der Waals surface area contributed by atoms with E-state index in [-0.39, 0.29) is 37.8 Å². The molecule has 0 bridgehead atoms. The van der Waals surface area contributed by atoms with E-state index in [1.165, 1.54) is 0 Å². The fourth-order valence-corrected chi connectivity index (χ4v) is 4.43. The second-order valence-corrected chi connectivity index (χ2v) is 8.53. The number of rotatable bonds is 11. The highest BCUT2D eigenvalue weighted by Crippen LogP contribution is 2.48. The third kappa shape index (κ3) is 8.17. The smallest absolute Gasteiger partial charge is 0.409 e. The monoisotopic (exact) mass is 407 g/mol. The van der Waals surface area contributed by atoms with Crippen LogP contribution < -0.4 is 5.73 Å². The summed E-state index contributed by atoms with van der Waals surface area (Å²) in [6, 6.07) is -0.776. The SMILES string of the molecule is CCCCOC(=O)N1CCN(C(=O)C(N)CCP(=O)(OCC)OCC)CC1. The van der Waals surface area contributed by atoms with Gasteiger partial charge in [0, 0.05) is 26.2 Å². The Bertz CT molecular complexity index is 501. The summed E-state index contributed by atoms with van der Waals surface area (Å²) in [6.45, 7) is 8.12. The molecule has 1 rings (SSSR count). The van der Waals surface area contributed by atoms with Crippen LogP contribution in [-0.4, -0.2) is 80.0 Å². The van der Waals surface area contributed by atoms with Gasteiger partial charge in [0.25, 0.3) is 0 Å². The Labute approximate surface area is 162 Å². The van der Waals surface area contributed by atoms with Crippen LogP contribution in [0.4, 0.5) is 4.79 Å². The number of amides is 2. The first-order valence-electron chi connectivity index (χ1n) is 9.71. The Morgan fingerprint density at radius 2 is 1.59 bits per heavy atom. The van der Waals surface area contributed by atoms with Gasteiger partial charge in [-0.2, -0.15) is 0 Å². The lowest BCUT2D eigenvalue weighted by atomic mass is 10.2. The van der Waals surface area contributed by atoms with Gasteiger partial charge in [-0.3, -0.25) is 9.36 Å². The molecule has 1 aliphatic heterocycles. The summed E-state index contributed by atoms with van der Waals surface area (Å²) in [4.78, 5) is 27.7. The van der Waals surface area contributed by atoms with E-state index in [4.69, 9.17) is 19.5 Å². The summed E-state index contributed by atoms with van der Waals surface area (Å²) in [5.41, 5.74) is 5.99. The maximum atomic E-state index is 12.5. The molecule has 0 spiro atoms. The van der Waals surface area contributed by atoms with E-state index < -0.39 is 13.6 Å². The molecule has 2 amide bonds. The molecular formula is C17H34N3O6P. The van der Waals surface area contributed by atoms with Crippen LogP contribution >= 0.6 is 7.60 Å². The molecule has 2 N–H and O–H groups in total. The number of nitrogens with zero attached hydrogens (tertiary/aromatic N) is 2. The van der Waals surface area contributed by atoms with Crippen molar-refractivity contribution < 1.29 is 27.9 Å². The van der Waals surface area contributed by atoms with Crippen molar-refractivity contribution in [3.05, 3.63) is 0 Å². The molecule has 1 atom stereocenters. The molecule has 0 aromatic heterocycles. The first-order valence-corrected chi connectivity index (χ1v) is 11.4. The minimum Gasteiger partial charge on any atom is -0.449 e. The average molecular weight is 407 g/mol. The van der Waals surface area contributed by atoms with Crippen LogP contribution in [0.25, 0.3) is 0 Å². The molecule has 9 nitrogen and oxygen atoms in total. The van der Waals surface area contributed by atoms with Gasteiger partial charge in [-0.1, -0.05) is 13.3 Å². The zero-order valence-corrected chi connectivity index (χ0v) is 17.6. The van der Waals surface area contributed by atoms with Crippen LogP contribution in [0.15, 0.2) is 0 Å². The predicted molar refractivity (Wildman–Crippen MR) is 103 cm³/mol. The first kappa shape index (κ1) is 23.9. The molecule has 0 aliphatic carbocycles. The van der Waals surface area contributed by atoms with Gasteiger partial charge in [0.2, 0.25) is 5.91 Å². The number of unbranched alkanes of at least 4 members (excludes halogenated alkanes) is 1. The molecule has 0 aromatic rings. The average Bonchev–Trinajstić information content (AvgIpc) is 2.66. The molecule has 0 radical (unpaired) electrons. The van der Waals surface area contributed by atoms with Gasteiger partial charge < -0.3 is 29.3 Å². The highest BCUT2D eigenvalue weighted by atomic mass is 31.2. The standard InChI is InChI=1S/C17H34N3O6P/c1-4-7-13-24-17(22)20-11-9-19(10-12-20)16(21)15(18)8-14-27(23,25-5-2)26-6-3/h15H,4-14,18H2,1-3H3. The van der Waals surface area contributed by atoms with Crippen molar-refractivity contribution in [2.24, 2.45) is 5.73 Å². The van der Waals surface area contributed by atoms with Crippen molar-refractivity contribution in [2.75, 3.05) is 52.2 Å². The Morgan fingerprint density at radius 1 is 1.04 bits per heavy atom. The maximum Gasteiger partial charge on any atom is 0.409 e. The Morgan fingerprint density at radius 3 is 2.11 bits per heavy atom. The van der Waals surface area contributed by atoms with Crippen LogP contribution in [0.3, 0.4) is 0 Å². The van der Waals surface area contributed by atoms with Gasteiger partial charge >= 0.3 is 13.7 Å². The molecule has 27 heavy (non-hydrogen) atoms. The minimum absolute atomic E-state index is 0.102. The summed E-state index contributed by atoms with van der Waals surface area (Å²) in [5, 5.41) is 0. The summed E-state index contributed by atoms with van der Waals surface area (Å²) >= 11 is 0. The summed E-state index contributed by atoms with van der Waals surface area (Å²) in [7, 11) is -3.21. The van der Waals surface area contributed by atoms with Gasteiger partial charge in [-0.05, 0) is 26.7 Å². The van der Waals surface area contributed by atoms with Crippen molar-refractivity contribution in [1.29, 1.82) is 0 Å². The lowest BCUT2D eigenvalue weighted by molar-refractivity contribution is -0.134. The van der Waals surface area contributed by atoms with Crippen LogP contribution in [0, 0.1) is 0 Å². The van der Waals surface area contributed by atoms with E-state index in [0.717, 1.165) is 12.8 Å². The maximum absolute atomic E-state index is 12.5. The van der Waals surface area contributed by atoms with E-state index in [9.17, 15) is 14.2 Å². The summed E-state index contributed by atoms with van der Waals surface area (Å²) in [6.07, 6.45) is 1.79. The van der Waals surface area contributed by atoms with Crippen LogP contribution in [0.2, 0.25) is 0 Å². The van der Waals surface area contributed by atoms with E-state index in [1.807, 2.05) is 6.92 Å². The molecule has 10 heteroatoms. The highest BCUT2D eigenvalue weighted by Gasteiger charge is 2.30. The topological polar surface area (TPSA) is 111 Å². The molecule has 1 saturated heterocycles. The quantitative estimate of drug-likeness (QED) is 0.412. The number of piperazine rings is 1. The molecule has 158 valence electrons. The normalized spacial score (nSPS) is 16.3. The van der Waals surface area contributed by atoms with Crippen molar-refractivity contribution >= 4 is 19.6 Å². The lowest BCUT2D eigenvalue weighted by Crippen LogP contribution is -2.54. The third-order valence-electron chi connectivity index (χ3n) is 4.26. The van der Waals surface area contributed by atoms with Crippen molar-refractivity contribution in [2.45, 2.75) is 46.1 Å². The highest BCUT2D eigenvalue weighted by molar-refractivity contribution is 7.53. The van der Waals surface area contributed by atoms with Gasteiger partial charge in [0.15, 0.2) is 0 Å². The Hall–Kier alpha value is -1.15. The Kier molecular flexibility index (Phi) is 10.9. The van der Waals surface area contributed by atoms with Crippen LogP contribution in [0.1, 0.15) is 40.0 Å². The molecule has 1 aliphatic rings. The number of hydrogen-bond donors (Lipinski definition) is 1. The predicted octanol–water partition coefficient (Wildman–Crippen LogP) is 2.05. The third-order valence-corrected chi connectivity index (χ3v) is 6.36. The van der Waals surface area contributed by atoms with E-state index in [2.05, 4.69) is 0 Å². The Balaban J connectivity index is 2.42.